The van der Waals surface area contributed by atoms with Crippen LogP contribution in [0.15, 0.2) is 36.4 Å². The summed E-state index contributed by atoms with van der Waals surface area (Å²) in [6.07, 6.45) is 3.02. The normalized spacial score (nSPS) is 15.9. The number of hydrogen-bond acceptors (Lipinski definition) is 5. The molecule has 0 bridgehead atoms. The number of rotatable bonds is 11. The molecule has 9 heteroatoms. The number of urea groups is 1. The molecule has 34 heavy (non-hydrogen) atoms. The number of carbonyl (C=O) groups is 2. The Morgan fingerprint density at radius 2 is 1.79 bits per heavy atom. The first-order chi connectivity index (χ1) is 16.4. The largest absolute Gasteiger partial charge is 0.496 e. The molecular formula is C25H32FN3O5. The Bertz CT molecular complexity index is 1020. The highest BCUT2D eigenvalue weighted by Gasteiger charge is 2.36. The molecule has 0 unspecified atom stereocenters. The minimum absolute atomic E-state index is 0.0660. The van der Waals surface area contributed by atoms with Gasteiger partial charge in [-0.1, -0.05) is 19.8 Å². The van der Waals surface area contributed by atoms with E-state index in [1.165, 1.54) is 35.1 Å². The molecule has 1 saturated heterocycles. The van der Waals surface area contributed by atoms with Crippen LogP contribution in [-0.4, -0.2) is 50.8 Å². The van der Waals surface area contributed by atoms with Crippen LogP contribution in [0.3, 0.4) is 0 Å². The number of nitrogens with two attached hydrogens (primary N) is 1. The molecule has 0 spiro atoms. The molecule has 2 N–H and O–H groups in total. The third-order valence-corrected chi connectivity index (χ3v) is 5.82. The number of carbonyl (C=O) groups excluding carboxylic acids is 2. The van der Waals surface area contributed by atoms with E-state index in [-0.39, 0.29) is 25.7 Å². The lowest BCUT2D eigenvalue weighted by Crippen LogP contribution is -2.56. The van der Waals surface area contributed by atoms with Gasteiger partial charge in [-0.25, -0.2) is 9.18 Å². The highest BCUT2D eigenvalue weighted by Crippen LogP contribution is 2.34. The molecule has 1 fully saturated rings. The Hall–Kier alpha value is -3.49. The third kappa shape index (κ3) is 5.89. The van der Waals surface area contributed by atoms with Crippen LogP contribution in [-0.2, 0) is 11.3 Å². The quantitative estimate of drug-likeness (QED) is 0.499. The highest BCUT2D eigenvalue weighted by atomic mass is 19.1. The summed E-state index contributed by atoms with van der Waals surface area (Å²) in [6, 6.07) is 8.98. The summed E-state index contributed by atoms with van der Waals surface area (Å²) >= 11 is 0. The smallest absolute Gasteiger partial charge is 0.324 e. The first-order valence-corrected chi connectivity index (χ1v) is 11.4. The molecule has 1 atom stereocenters. The lowest BCUT2D eigenvalue weighted by molar-refractivity contribution is -0.122. The second-order valence-electron chi connectivity index (χ2n) is 8.22. The van der Waals surface area contributed by atoms with E-state index >= 15 is 0 Å². The summed E-state index contributed by atoms with van der Waals surface area (Å²) in [5.41, 5.74) is 6.68. The van der Waals surface area contributed by atoms with Crippen LogP contribution < -0.4 is 24.8 Å². The van der Waals surface area contributed by atoms with Gasteiger partial charge in [0.1, 0.15) is 11.6 Å². The van der Waals surface area contributed by atoms with Crippen LogP contribution in [0.4, 0.5) is 14.9 Å². The number of amides is 3. The maximum atomic E-state index is 13.9. The number of unbranched alkanes of at least 4 members (excludes halogenated alkanes) is 2. The molecule has 0 aromatic heterocycles. The van der Waals surface area contributed by atoms with Crippen molar-refractivity contribution in [3.05, 3.63) is 47.8 Å². The summed E-state index contributed by atoms with van der Waals surface area (Å²) in [7, 11) is 3.03. The number of anilines is 1. The Morgan fingerprint density at radius 3 is 2.47 bits per heavy atom. The summed E-state index contributed by atoms with van der Waals surface area (Å²) in [6.45, 7) is 2.96. The third-order valence-electron chi connectivity index (χ3n) is 5.82. The van der Waals surface area contributed by atoms with Crippen LogP contribution in [0, 0.1) is 11.7 Å². The lowest BCUT2D eigenvalue weighted by atomic mass is 10.0. The summed E-state index contributed by atoms with van der Waals surface area (Å²) in [5.74, 6) is -0.0368. The van der Waals surface area contributed by atoms with Crippen molar-refractivity contribution in [2.75, 3.05) is 38.8 Å². The molecule has 1 aliphatic heterocycles. The van der Waals surface area contributed by atoms with Crippen molar-refractivity contribution in [1.82, 2.24) is 4.90 Å². The van der Waals surface area contributed by atoms with Gasteiger partial charge >= 0.3 is 6.03 Å². The zero-order chi connectivity index (χ0) is 24.7. The predicted octanol–water partition coefficient (Wildman–Crippen LogP) is 3.96. The maximum Gasteiger partial charge on any atom is 0.324 e. The van der Waals surface area contributed by atoms with Crippen molar-refractivity contribution in [2.45, 2.75) is 32.7 Å². The van der Waals surface area contributed by atoms with E-state index in [0.29, 0.717) is 35.1 Å². The summed E-state index contributed by atoms with van der Waals surface area (Å²) in [4.78, 5) is 28.5. The van der Waals surface area contributed by atoms with E-state index in [2.05, 4.69) is 6.92 Å². The van der Waals surface area contributed by atoms with Crippen molar-refractivity contribution in [3.8, 4) is 17.2 Å². The zero-order valence-corrected chi connectivity index (χ0v) is 19.9. The summed E-state index contributed by atoms with van der Waals surface area (Å²) in [5, 5.41) is 0. The predicted molar refractivity (Wildman–Crippen MR) is 127 cm³/mol. The van der Waals surface area contributed by atoms with Gasteiger partial charge < -0.3 is 24.8 Å². The number of primary amides is 1. The van der Waals surface area contributed by atoms with Gasteiger partial charge in [0.15, 0.2) is 11.5 Å². The number of benzene rings is 2. The van der Waals surface area contributed by atoms with Crippen molar-refractivity contribution >= 4 is 17.6 Å². The van der Waals surface area contributed by atoms with E-state index in [4.69, 9.17) is 19.9 Å². The van der Waals surface area contributed by atoms with Gasteiger partial charge in [-0.05, 0) is 36.8 Å². The summed E-state index contributed by atoms with van der Waals surface area (Å²) < 4.78 is 30.5. The van der Waals surface area contributed by atoms with Crippen LogP contribution >= 0.6 is 0 Å². The molecule has 2 aromatic carbocycles. The molecule has 1 heterocycles. The molecule has 1 aliphatic rings. The van der Waals surface area contributed by atoms with Gasteiger partial charge in [0.25, 0.3) is 0 Å². The number of ether oxygens (including phenoxy) is 3. The fourth-order valence-electron chi connectivity index (χ4n) is 3.96. The average Bonchev–Trinajstić information content (AvgIpc) is 2.83. The topological polar surface area (TPSA) is 94.3 Å². The minimum Gasteiger partial charge on any atom is -0.496 e. The Kier molecular flexibility index (Phi) is 8.56. The molecule has 3 rings (SSSR count). The molecule has 0 radical (unpaired) electrons. The van der Waals surface area contributed by atoms with Crippen molar-refractivity contribution in [3.63, 3.8) is 0 Å². The van der Waals surface area contributed by atoms with E-state index in [1.54, 1.807) is 25.3 Å². The number of hydrogen-bond donors (Lipinski definition) is 1. The molecule has 0 aliphatic carbocycles. The fourth-order valence-corrected chi connectivity index (χ4v) is 3.96. The van der Waals surface area contributed by atoms with E-state index in [0.717, 1.165) is 19.3 Å². The average molecular weight is 474 g/mol. The van der Waals surface area contributed by atoms with Gasteiger partial charge in [-0.15, -0.1) is 0 Å². The fraction of sp³-hybridized carbons (Fsp3) is 0.440. The Morgan fingerprint density at radius 1 is 1.06 bits per heavy atom. The van der Waals surface area contributed by atoms with Crippen molar-refractivity contribution in [2.24, 2.45) is 11.7 Å². The van der Waals surface area contributed by atoms with E-state index < -0.39 is 17.6 Å². The SMILES string of the molecule is CCCCCOc1cc(N2C[C@@H](C(N)=O)CN(Cc3cc(F)ccc3OC)C2=O)ccc1OC. The van der Waals surface area contributed by atoms with Crippen LogP contribution in [0.5, 0.6) is 17.2 Å². The van der Waals surface area contributed by atoms with Gasteiger partial charge in [-0.2, -0.15) is 0 Å². The van der Waals surface area contributed by atoms with Crippen LogP contribution in [0.2, 0.25) is 0 Å². The maximum absolute atomic E-state index is 13.9. The number of nitrogens with zero attached hydrogens (tertiary/aromatic N) is 2. The molecular weight excluding hydrogens is 441 g/mol. The van der Waals surface area contributed by atoms with Gasteiger partial charge in [0, 0.05) is 30.4 Å². The van der Waals surface area contributed by atoms with Gasteiger partial charge in [0.2, 0.25) is 5.91 Å². The Balaban J connectivity index is 1.89. The van der Waals surface area contributed by atoms with E-state index in [9.17, 15) is 14.0 Å². The van der Waals surface area contributed by atoms with Gasteiger partial charge in [-0.3, -0.25) is 9.69 Å². The lowest BCUT2D eigenvalue weighted by Gasteiger charge is -2.39. The second kappa shape index (κ2) is 11.6. The molecule has 2 aromatic rings. The highest BCUT2D eigenvalue weighted by molar-refractivity contribution is 5.95. The molecule has 184 valence electrons. The molecule has 3 amide bonds. The van der Waals surface area contributed by atoms with E-state index in [1.807, 2.05) is 0 Å². The second-order valence-corrected chi connectivity index (χ2v) is 8.22. The first-order valence-electron chi connectivity index (χ1n) is 11.4. The van der Waals surface area contributed by atoms with Crippen LogP contribution in [0.1, 0.15) is 31.7 Å². The van der Waals surface area contributed by atoms with Crippen molar-refractivity contribution < 1.29 is 28.2 Å². The van der Waals surface area contributed by atoms with Crippen molar-refractivity contribution in [1.29, 1.82) is 0 Å². The first kappa shape index (κ1) is 25.1. The molecule has 0 saturated carbocycles. The van der Waals surface area contributed by atoms with Crippen LogP contribution in [0.25, 0.3) is 0 Å². The monoisotopic (exact) mass is 473 g/mol. The minimum atomic E-state index is -0.603. The number of methoxy groups -OCH3 is 2. The number of halogens is 1. The zero-order valence-electron chi connectivity index (χ0n) is 19.9. The molecule has 8 nitrogen and oxygen atoms in total. The van der Waals surface area contributed by atoms with Gasteiger partial charge in [0.05, 0.1) is 33.3 Å². The standard InChI is InChI=1S/C25H32FN3O5/c1-4-5-6-11-34-23-13-20(8-10-22(23)33-3)29-16-18(24(27)30)15-28(25(29)31)14-17-12-19(26)7-9-21(17)32-2/h7-10,12-13,18H,4-6,11,14-16H2,1-3H3,(H2,27,30)/t18-/m0/s1. The Labute approximate surface area is 199 Å².